The molecule has 0 aliphatic rings. The van der Waals surface area contributed by atoms with Gasteiger partial charge in [0.25, 0.3) is 0 Å². The van der Waals surface area contributed by atoms with E-state index in [2.05, 4.69) is 10.3 Å². The van der Waals surface area contributed by atoms with Crippen LogP contribution in [0.15, 0.2) is 30.6 Å². The first-order valence-corrected chi connectivity index (χ1v) is 6.22. The minimum Gasteiger partial charge on any atom is -0.397 e. The lowest BCUT2D eigenvalue weighted by Crippen LogP contribution is -2.24. The van der Waals surface area contributed by atoms with Crippen molar-refractivity contribution in [3.8, 4) is 0 Å². The van der Waals surface area contributed by atoms with Crippen molar-refractivity contribution in [3.05, 3.63) is 41.4 Å². The van der Waals surface area contributed by atoms with Crippen LogP contribution in [0.2, 0.25) is 5.02 Å². The number of nitrogen functional groups attached to an aromatic ring is 1. The average Bonchev–Trinajstić information content (AvgIpc) is 2.79. The Labute approximate surface area is 116 Å². The monoisotopic (exact) mass is 278 g/mol. The summed E-state index contributed by atoms with van der Waals surface area (Å²) in [7, 11) is 0. The van der Waals surface area contributed by atoms with Gasteiger partial charge in [-0.15, -0.1) is 0 Å². The number of nitrogens with two attached hydrogens (primary N) is 1. The second-order valence-electron chi connectivity index (χ2n) is 4.28. The molecule has 0 radical (unpaired) electrons. The molecule has 0 bridgehead atoms. The summed E-state index contributed by atoms with van der Waals surface area (Å²) in [5.74, 6) is 0.654. The van der Waals surface area contributed by atoms with Gasteiger partial charge >= 0.3 is 0 Å². The Hall–Kier alpha value is -2.01. The van der Waals surface area contributed by atoms with Crippen LogP contribution < -0.4 is 11.1 Å². The molecular formula is C13H15ClN4O. The SMILES string of the molecule is Cc1nccn1C(C)C(=O)Nc1ccc(Cl)c(N)c1. The number of nitrogens with zero attached hydrogens (tertiary/aromatic N) is 2. The summed E-state index contributed by atoms with van der Waals surface area (Å²) in [5, 5.41) is 3.27. The molecule has 3 N–H and O–H groups in total. The van der Waals surface area contributed by atoms with Crippen molar-refractivity contribution in [1.29, 1.82) is 0 Å². The summed E-state index contributed by atoms with van der Waals surface area (Å²) in [6.45, 7) is 3.66. The van der Waals surface area contributed by atoms with Crippen LogP contribution in [-0.4, -0.2) is 15.5 Å². The molecule has 0 saturated carbocycles. The molecular weight excluding hydrogens is 264 g/mol. The Morgan fingerprint density at radius 3 is 2.84 bits per heavy atom. The Balaban J connectivity index is 2.13. The summed E-state index contributed by atoms with van der Waals surface area (Å²) in [4.78, 5) is 16.2. The van der Waals surface area contributed by atoms with Crippen molar-refractivity contribution in [1.82, 2.24) is 9.55 Å². The molecule has 0 spiro atoms. The van der Waals surface area contributed by atoms with Gasteiger partial charge in [-0.25, -0.2) is 4.98 Å². The van der Waals surface area contributed by atoms with Gasteiger partial charge in [-0.3, -0.25) is 4.79 Å². The van der Waals surface area contributed by atoms with E-state index in [1.165, 1.54) is 0 Å². The highest BCUT2D eigenvalue weighted by atomic mass is 35.5. The quantitative estimate of drug-likeness (QED) is 0.848. The molecule has 1 heterocycles. The summed E-state index contributed by atoms with van der Waals surface area (Å²) in [6.07, 6.45) is 3.44. The minimum absolute atomic E-state index is 0.136. The van der Waals surface area contributed by atoms with Crippen LogP contribution in [0.5, 0.6) is 0 Å². The number of aryl methyl sites for hydroxylation is 1. The van der Waals surface area contributed by atoms with Gasteiger partial charge in [0.2, 0.25) is 5.91 Å². The average molecular weight is 279 g/mol. The molecule has 2 aromatic rings. The molecule has 2 rings (SSSR count). The number of hydrogen-bond donors (Lipinski definition) is 2. The highest BCUT2D eigenvalue weighted by Gasteiger charge is 2.16. The molecule has 0 saturated heterocycles. The molecule has 0 fully saturated rings. The Morgan fingerprint density at radius 2 is 2.26 bits per heavy atom. The molecule has 0 aliphatic heterocycles. The number of benzene rings is 1. The molecule has 100 valence electrons. The van der Waals surface area contributed by atoms with E-state index >= 15 is 0 Å². The lowest BCUT2D eigenvalue weighted by atomic mass is 10.2. The van der Waals surface area contributed by atoms with Crippen LogP contribution in [-0.2, 0) is 4.79 Å². The topological polar surface area (TPSA) is 72.9 Å². The molecule has 5 nitrogen and oxygen atoms in total. The van der Waals surface area contributed by atoms with Crippen LogP contribution in [0, 0.1) is 6.92 Å². The van der Waals surface area contributed by atoms with E-state index in [1.807, 2.05) is 13.8 Å². The van der Waals surface area contributed by atoms with Crippen LogP contribution >= 0.6 is 11.6 Å². The standard InChI is InChI=1S/C13H15ClN4O/c1-8(18-6-5-16-9(18)2)13(19)17-10-3-4-11(14)12(15)7-10/h3-8H,15H2,1-2H3,(H,17,19). The van der Waals surface area contributed by atoms with E-state index in [4.69, 9.17) is 17.3 Å². The van der Waals surface area contributed by atoms with Gasteiger partial charge in [0.15, 0.2) is 0 Å². The fraction of sp³-hybridized carbons (Fsp3) is 0.231. The molecule has 6 heteroatoms. The molecule has 1 unspecified atom stereocenters. The summed E-state index contributed by atoms with van der Waals surface area (Å²) in [6, 6.07) is 4.65. The summed E-state index contributed by atoms with van der Waals surface area (Å²) < 4.78 is 1.80. The maximum absolute atomic E-state index is 12.1. The summed E-state index contributed by atoms with van der Waals surface area (Å²) in [5.41, 5.74) is 6.75. The highest BCUT2D eigenvalue weighted by Crippen LogP contribution is 2.23. The number of carbonyl (C=O) groups excluding carboxylic acids is 1. The second-order valence-corrected chi connectivity index (χ2v) is 4.69. The van der Waals surface area contributed by atoms with Crippen molar-refractivity contribution in [2.24, 2.45) is 0 Å². The third-order valence-electron chi connectivity index (χ3n) is 2.92. The summed E-state index contributed by atoms with van der Waals surface area (Å²) >= 11 is 5.83. The van der Waals surface area contributed by atoms with Crippen LogP contribution in [0.1, 0.15) is 18.8 Å². The van der Waals surface area contributed by atoms with Gasteiger partial charge in [0.1, 0.15) is 11.9 Å². The molecule has 1 atom stereocenters. The van der Waals surface area contributed by atoms with Crippen molar-refractivity contribution >= 4 is 28.9 Å². The van der Waals surface area contributed by atoms with Crippen LogP contribution in [0.3, 0.4) is 0 Å². The van der Waals surface area contributed by atoms with Crippen molar-refractivity contribution in [2.75, 3.05) is 11.1 Å². The molecule has 1 aromatic heterocycles. The van der Waals surface area contributed by atoms with Crippen molar-refractivity contribution in [2.45, 2.75) is 19.9 Å². The molecule has 1 amide bonds. The molecule has 1 aromatic carbocycles. The molecule has 19 heavy (non-hydrogen) atoms. The Morgan fingerprint density at radius 1 is 1.53 bits per heavy atom. The maximum Gasteiger partial charge on any atom is 0.247 e. The number of carbonyl (C=O) groups is 1. The van der Waals surface area contributed by atoms with E-state index in [1.54, 1.807) is 35.2 Å². The van der Waals surface area contributed by atoms with E-state index in [0.29, 0.717) is 16.4 Å². The molecule has 0 aliphatic carbocycles. The number of aromatic nitrogens is 2. The third-order valence-corrected chi connectivity index (χ3v) is 3.27. The first-order valence-electron chi connectivity index (χ1n) is 5.84. The number of halogens is 1. The van der Waals surface area contributed by atoms with Crippen molar-refractivity contribution < 1.29 is 4.79 Å². The van der Waals surface area contributed by atoms with E-state index < -0.39 is 0 Å². The van der Waals surface area contributed by atoms with Gasteiger partial charge < -0.3 is 15.6 Å². The Kier molecular flexibility index (Phi) is 3.76. The fourth-order valence-electron chi connectivity index (χ4n) is 1.79. The maximum atomic E-state index is 12.1. The van der Waals surface area contributed by atoms with Crippen molar-refractivity contribution in [3.63, 3.8) is 0 Å². The van der Waals surface area contributed by atoms with Gasteiger partial charge in [0, 0.05) is 18.1 Å². The van der Waals surface area contributed by atoms with E-state index in [-0.39, 0.29) is 11.9 Å². The number of nitrogens with one attached hydrogen (secondary N) is 1. The zero-order valence-corrected chi connectivity index (χ0v) is 11.5. The third kappa shape index (κ3) is 2.88. The van der Waals surface area contributed by atoms with Gasteiger partial charge in [0.05, 0.1) is 10.7 Å². The fourth-order valence-corrected chi connectivity index (χ4v) is 1.91. The van der Waals surface area contributed by atoms with Gasteiger partial charge in [-0.05, 0) is 32.0 Å². The first kappa shape index (κ1) is 13.4. The minimum atomic E-state index is -0.348. The van der Waals surface area contributed by atoms with Crippen LogP contribution in [0.4, 0.5) is 11.4 Å². The number of amides is 1. The van der Waals surface area contributed by atoms with Crippen LogP contribution in [0.25, 0.3) is 0 Å². The number of rotatable bonds is 3. The van der Waals surface area contributed by atoms with Gasteiger partial charge in [-0.2, -0.15) is 0 Å². The second kappa shape index (κ2) is 5.32. The predicted octanol–water partition coefficient (Wildman–Crippen LogP) is 2.63. The number of imidazole rings is 1. The zero-order valence-electron chi connectivity index (χ0n) is 10.7. The number of anilines is 2. The van der Waals surface area contributed by atoms with Gasteiger partial charge in [-0.1, -0.05) is 11.6 Å². The van der Waals surface area contributed by atoms with E-state index in [0.717, 1.165) is 5.82 Å². The smallest absolute Gasteiger partial charge is 0.247 e. The predicted molar refractivity (Wildman–Crippen MR) is 76.2 cm³/mol. The first-order chi connectivity index (χ1) is 8.99. The van der Waals surface area contributed by atoms with E-state index in [9.17, 15) is 4.79 Å². The Bertz CT molecular complexity index is 608. The lowest BCUT2D eigenvalue weighted by molar-refractivity contribution is -0.118. The largest absolute Gasteiger partial charge is 0.397 e. The highest BCUT2D eigenvalue weighted by molar-refractivity contribution is 6.33. The normalized spacial score (nSPS) is 12.2. The zero-order chi connectivity index (χ0) is 14.0. The number of hydrogen-bond acceptors (Lipinski definition) is 3. The lowest BCUT2D eigenvalue weighted by Gasteiger charge is -2.15.